The first-order chi connectivity index (χ1) is 13.6. The third-order valence-electron chi connectivity index (χ3n) is 10.2. The summed E-state index contributed by atoms with van der Waals surface area (Å²) in [5.41, 5.74) is 0.395. The van der Waals surface area contributed by atoms with Crippen molar-refractivity contribution < 1.29 is 14.0 Å². The summed E-state index contributed by atoms with van der Waals surface area (Å²) in [6.45, 7) is 22.5. The van der Waals surface area contributed by atoms with Gasteiger partial charge in [-0.3, -0.25) is 9.59 Å². The van der Waals surface area contributed by atoms with Crippen LogP contribution in [0.4, 0.5) is 0 Å². The third-order valence-corrected chi connectivity index (χ3v) is 14.6. The number of hydrogen-bond donors (Lipinski definition) is 0. The minimum atomic E-state index is -2.05. The number of carbonyl (C=O) groups is 2. The molecule has 0 saturated heterocycles. The summed E-state index contributed by atoms with van der Waals surface area (Å²) in [6.07, 6.45) is 3.85. The lowest BCUT2D eigenvalue weighted by atomic mass is 9.63. The first kappa shape index (κ1) is 22.5. The lowest BCUT2D eigenvalue weighted by molar-refractivity contribution is -0.140. The van der Waals surface area contributed by atoms with Crippen LogP contribution in [-0.2, 0) is 14.0 Å². The fourth-order valence-electron chi connectivity index (χ4n) is 7.19. The van der Waals surface area contributed by atoms with Crippen LogP contribution in [0.25, 0.3) is 0 Å². The van der Waals surface area contributed by atoms with Crippen LogP contribution in [0.1, 0.15) is 68.2 Å². The van der Waals surface area contributed by atoms with E-state index in [1.807, 2.05) is 6.92 Å². The van der Waals surface area contributed by atoms with E-state index in [4.69, 9.17) is 4.43 Å². The Morgan fingerprint density at radius 3 is 2.27 bits per heavy atom. The Morgan fingerprint density at radius 1 is 1.10 bits per heavy atom. The van der Waals surface area contributed by atoms with E-state index >= 15 is 0 Å². The van der Waals surface area contributed by atoms with E-state index in [1.165, 1.54) is 0 Å². The Hall–Kier alpha value is -0.743. The number of rotatable bonds is 2. The van der Waals surface area contributed by atoms with E-state index < -0.39 is 13.7 Å². The van der Waals surface area contributed by atoms with Crippen LogP contribution in [0, 0.1) is 46.3 Å². The van der Waals surface area contributed by atoms with Gasteiger partial charge in [-0.1, -0.05) is 54.5 Å². The number of hydrogen-bond acceptors (Lipinski definition) is 3. The Kier molecular flexibility index (Phi) is 4.79. The topological polar surface area (TPSA) is 43.4 Å². The lowest BCUT2D eigenvalue weighted by Gasteiger charge is -2.43. The normalized spacial score (nSPS) is 45.3. The minimum absolute atomic E-state index is 0.0676. The summed E-state index contributed by atoms with van der Waals surface area (Å²) < 4.78 is 7.08. The SMILES string of the molecule is CC1=C[C@]23C(=O)[C@@H]([C@H](O[Si](C)(C)C(C)(C)C)[C@H](C)C[C@@H]2C1=O)[C@@H]1[C@@H](C[C@H]3C)C1(C)C. The zero-order valence-electron chi connectivity index (χ0n) is 20.8. The molecule has 0 unspecified atom stereocenters. The van der Waals surface area contributed by atoms with Crippen LogP contribution in [0.15, 0.2) is 11.6 Å². The Balaban J connectivity index is 1.86. The summed E-state index contributed by atoms with van der Waals surface area (Å²) in [5.74, 6) is 1.64. The van der Waals surface area contributed by atoms with E-state index in [2.05, 4.69) is 67.6 Å². The zero-order chi connectivity index (χ0) is 22.6. The van der Waals surface area contributed by atoms with Gasteiger partial charge in [-0.2, -0.15) is 0 Å². The van der Waals surface area contributed by atoms with Crippen molar-refractivity contribution in [2.24, 2.45) is 46.3 Å². The lowest BCUT2D eigenvalue weighted by Crippen LogP contribution is -2.51. The summed E-state index contributed by atoms with van der Waals surface area (Å²) >= 11 is 0. The van der Waals surface area contributed by atoms with Gasteiger partial charge in [0.05, 0.1) is 11.5 Å². The molecule has 4 aliphatic carbocycles. The van der Waals surface area contributed by atoms with Crippen molar-refractivity contribution in [3.05, 3.63) is 11.6 Å². The molecule has 30 heavy (non-hydrogen) atoms. The molecule has 0 N–H and O–H groups in total. The molecular formula is C26H42O3Si. The zero-order valence-corrected chi connectivity index (χ0v) is 21.8. The number of Topliss-reactive ketones (excluding diaryl/α,β-unsaturated/α-hetero) is 2. The number of carbonyl (C=O) groups excluding carboxylic acids is 2. The van der Waals surface area contributed by atoms with Crippen molar-refractivity contribution >= 4 is 19.9 Å². The molecule has 3 fully saturated rings. The molecule has 4 aliphatic rings. The van der Waals surface area contributed by atoms with Gasteiger partial charge in [0.15, 0.2) is 14.1 Å². The van der Waals surface area contributed by atoms with Gasteiger partial charge in [0.1, 0.15) is 5.78 Å². The van der Waals surface area contributed by atoms with E-state index in [9.17, 15) is 9.59 Å². The molecule has 8 atom stereocenters. The summed E-state index contributed by atoms with van der Waals surface area (Å²) in [7, 11) is -2.05. The predicted octanol–water partition coefficient (Wildman–Crippen LogP) is 6.05. The van der Waals surface area contributed by atoms with Crippen molar-refractivity contribution in [2.75, 3.05) is 0 Å². The van der Waals surface area contributed by atoms with Crippen molar-refractivity contribution in [3.63, 3.8) is 0 Å². The van der Waals surface area contributed by atoms with Crippen LogP contribution in [-0.4, -0.2) is 26.0 Å². The highest BCUT2D eigenvalue weighted by atomic mass is 28.4. The first-order valence-electron chi connectivity index (χ1n) is 12.0. The fourth-order valence-corrected chi connectivity index (χ4v) is 8.61. The van der Waals surface area contributed by atoms with Gasteiger partial charge in [-0.25, -0.2) is 0 Å². The van der Waals surface area contributed by atoms with E-state index in [1.54, 1.807) is 0 Å². The van der Waals surface area contributed by atoms with Crippen molar-refractivity contribution in [3.8, 4) is 0 Å². The minimum Gasteiger partial charge on any atom is -0.413 e. The molecule has 0 aromatic heterocycles. The molecule has 0 aliphatic heterocycles. The monoisotopic (exact) mass is 430 g/mol. The third kappa shape index (κ3) is 2.78. The van der Waals surface area contributed by atoms with Crippen LogP contribution in [0.3, 0.4) is 0 Å². The van der Waals surface area contributed by atoms with Gasteiger partial charge >= 0.3 is 0 Å². The first-order valence-corrected chi connectivity index (χ1v) is 14.9. The second-order valence-corrected chi connectivity index (χ2v) is 18.0. The fraction of sp³-hybridized carbons (Fsp3) is 0.846. The average molecular weight is 431 g/mol. The van der Waals surface area contributed by atoms with Crippen LogP contribution < -0.4 is 0 Å². The Bertz CT molecular complexity index is 817. The molecule has 4 rings (SSSR count). The molecule has 4 heteroatoms. The quantitative estimate of drug-likeness (QED) is 0.501. The largest absolute Gasteiger partial charge is 0.413 e. The molecule has 0 aromatic carbocycles. The maximum absolute atomic E-state index is 14.5. The Labute approximate surface area is 184 Å². The summed E-state index contributed by atoms with van der Waals surface area (Å²) in [4.78, 5) is 27.8. The maximum Gasteiger partial charge on any atom is 0.192 e. The van der Waals surface area contributed by atoms with Crippen LogP contribution in [0.2, 0.25) is 18.1 Å². The summed E-state index contributed by atoms with van der Waals surface area (Å²) in [6, 6.07) is 0. The second-order valence-electron chi connectivity index (χ2n) is 13.2. The van der Waals surface area contributed by atoms with Gasteiger partial charge in [0.2, 0.25) is 0 Å². The molecule has 3 nitrogen and oxygen atoms in total. The molecule has 0 heterocycles. The number of allylic oxidation sites excluding steroid dienone is 2. The second kappa shape index (κ2) is 6.40. The number of ketones is 2. The standard InChI is InChI=1S/C26H42O3Si/c1-14-11-18-21(27)15(2)13-26(18)16(3)12-17-20(25(17,7)8)19(23(26)28)22(14)29-30(9,10)24(4,5)6/h13-14,16-20,22H,11-12H2,1-10H3/t14-,16-,17-,18-,19-,20+,22-,26-/m1/s1. The molecular weight excluding hydrogens is 388 g/mol. The molecule has 3 saturated carbocycles. The van der Waals surface area contributed by atoms with Gasteiger partial charge < -0.3 is 4.43 Å². The smallest absolute Gasteiger partial charge is 0.192 e. The molecule has 168 valence electrons. The average Bonchev–Trinajstić information content (AvgIpc) is 3.07. The van der Waals surface area contributed by atoms with Crippen molar-refractivity contribution in [1.82, 2.24) is 0 Å². The van der Waals surface area contributed by atoms with Crippen molar-refractivity contribution in [1.29, 1.82) is 0 Å². The van der Waals surface area contributed by atoms with E-state index in [0.717, 1.165) is 18.4 Å². The summed E-state index contributed by atoms with van der Waals surface area (Å²) in [5, 5.41) is 0.0957. The predicted molar refractivity (Wildman–Crippen MR) is 124 cm³/mol. The Morgan fingerprint density at radius 2 is 1.70 bits per heavy atom. The van der Waals surface area contributed by atoms with E-state index in [0.29, 0.717) is 17.6 Å². The highest BCUT2D eigenvalue weighted by molar-refractivity contribution is 6.74. The van der Waals surface area contributed by atoms with Gasteiger partial charge in [-0.05, 0) is 72.6 Å². The van der Waals surface area contributed by atoms with Crippen LogP contribution >= 0.6 is 0 Å². The molecule has 1 spiro atoms. The van der Waals surface area contributed by atoms with Gasteiger partial charge in [0, 0.05) is 11.8 Å². The van der Waals surface area contributed by atoms with E-state index in [-0.39, 0.29) is 46.0 Å². The van der Waals surface area contributed by atoms with Gasteiger partial charge in [-0.15, -0.1) is 0 Å². The highest BCUT2D eigenvalue weighted by Crippen LogP contribution is 2.71. The van der Waals surface area contributed by atoms with Gasteiger partial charge in [0.25, 0.3) is 0 Å². The molecule has 2 bridgehead atoms. The highest BCUT2D eigenvalue weighted by Gasteiger charge is 2.72. The van der Waals surface area contributed by atoms with Crippen LogP contribution in [0.5, 0.6) is 0 Å². The molecule has 0 radical (unpaired) electrons. The maximum atomic E-state index is 14.5. The van der Waals surface area contributed by atoms with Crippen molar-refractivity contribution in [2.45, 2.75) is 92.5 Å². The number of fused-ring (bicyclic) bond motifs is 3. The molecule has 0 amide bonds. The molecule has 0 aromatic rings.